The summed E-state index contributed by atoms with van der Waals surface area (Å²) < 4.78 is 52.3. The molecule has 0 unspecified atom stereocenters. The SMILES string of the molecule is Cc1c(C(F)(F)F)[nH]n(Cc2cccc(F)c2)c1=S. The van der Waals surface area contributed by atoms with E-state index in [-0.39, 0.29) is 16.7 Å². The van der Waals surface area contributed by atoms with Crippen LogP contribution in [0.1, 0.15) is 16.8 Å². The molecule has 1 N–H and O–H groups in total. The van der Waals surface area contributed by atoms with Crippen molar-refractivity contribution in [2.24, 2.45) is 0 Å². The Morgan fingerprint density at radius 1 is 1.32 bits per heavy atom. The first-order chi connectivity index (χ1) is 8.79. The molecule has 0 spiro atoms. The second-order valence-corrected chi connectivity index (χ2v) is 4.52. The van der Waals surface area contributed by atoms with E-state index in [1.165, 1.54) is 29.8 Å². The standard InChI is InChI=1S/C12H10F4N2S/c1-7-10(12(14,15)16)17-18(11(7)19)6-8-3-2-4-9(13)5-8/h2-5,17H,6H2,1H3. The van der Waals surface area contributed by atoms with E-state index >= 15 is 0 Å². The van der Waals surface area contributed by atoms with Gasteiger partial charge in [0.15, 0.2) is 0 Å². The lowest BCUT2D eigenvalue weighted by atomic mass is 10.2. The monoisotopic (exact) mass is 290 g/mol. The van der Waals surface area contributed by atoms with E-state index in [0.29, 0.717) is 5.56 Å². The predicted octanol–water partition coefficient (Wildman–Crippen LogP) is 4.06. The third-order valence-electron chi connectivity index (χ3n) is 2.70. The molecule has 0 bridgehead atoms. The topological polar surface area (TPSA) is 20.7 Å². The lowest BCUT2D eigenvalue weighted by molar-refractivity contribution is -0.141. The van der Waals surface area contributed by atoms with Crippen molar-refractivity contribution in [3.05, 3.63) is 51.5 Å². The molecule has 1 aromatic heterocycles. The highest BCUT2D eigenvalue weighted by atomic mass is 32.1. The van der Waals surface area contributed by atoms with Gasteiger partial charge in [0.1, 0.15) is 16.2 Å². The van der Waals surface area contributed by atoms with Crippen molar-refractivity contribution in [2.45, 2.75) is 19.6 Å². The molecule has 7 heteroatoms. The average Bonchev–Trinajstić information content (AvgIpc) is 2.57. The first kappa shape index (κ1) is 13.8. The van der Waals surface area contributed by atoms with Crippen LogP contribution in [-0.4, -0.2) is 9.78 Å². The van der Waals surface area contributed by atoms with Gasteiger partial charge in [-0.3, -0.25) is 9.78 Å². The highest BCUT2D eigenvalue weighted by molar-refractivity contribution is 7.71. The van der Waals surface area contributed by atoms with E-state index in [1.807, 2.05) is 0 Å². The Balaban J connectivity index is 2.40. The van der Waals surface area contributed by atoms with Crippen molar-refractivity contribution >= 4 is 12.2 Å². The highest BCUT2D eigenvalue weighted by Crippen LogP contribution is 2.31. The molecule has 1 heterocycles. The molecule has 0 aliphatic heterocycles. The number of nitrogens with one attached hydrogen (secondary N) is 1. The highest BCUT2D eigenvalue weighted by Gasteiger charge is 2.35. The van der Waals surface area contributed by atoms with E-state index in [9.17, 15) is 17.6 Å². The average molecular weight is 290 g/mol. The Bertz CT molecular complexity index is 654. The van der Waals surface area contributed by atoms with E-state index < -0.39 is 17.7 Å². The second-order valence-electron chi connectivity index (χ2n) is 4.13. The number of nitrogens with zero attached hydrogens (tertiary/aromatic N) is 1. The number of benzene rings is 1. The van der Waals surface area contributed by atoms with Crippen LogP contribution >= 0.6 is 12.2 Å². The van der Waals surface area contributed by atoms with Crippen LogP contribution in [0.4, 0.5) is 17.6 Å². The normalized spacial score (nSPS) is 11.8. The quantitative estimate of drug-likeness (QED) is 0.653. The van der Waals surface area contributed by atoms with Crippen LogP contribution < -0.4 is 0 Å². The van der Waals surface area contributed by atoms with Crippen molar-refractivity contribution in [3.8, 4) is 0 Å². The summed E-state index contributed by atoms with van der Waals surface area (Å²) in [5.74, 6) is -0.441. The number of hydrogen-bond donors (Lipinski definition) is 1. The van der Waals surface area contributed by atoms with Gasteiger partial charge >= 0.3 is 6.18 Å². The minimum Gasteiger partial charge on any atom is -0.292 e. The van der Waals surface area contributed by atoms with Crippen LogP contribution in [0.2, 0.25) is 0 Å². The third-order valence-corrected chi connectivity index (χ3v) is 3.23. The summed E-state index contributed by atoms with van der Waals surface area (Å²) >= 11 is 4.95. The van der Waals surface area contributed by atoms with Gasteiger partial charge in [-0.25, -0.2) is 4.39 Å². The Hall–Kier alpha value is -1.63. The molecule has 2 aromatic rings. The summed E-state index contributed by atoms with van der Waals surface area (Å²) in [5.41, 5.74) is -0.362. The largest absolute Gasteiger partial charge is 0.433 e. The number of H-pyrrole nitrogens is 1. The fourth-order valence-electron chi connectivity index (χ4n) is 1.78. The Morgan fingerprint density at radius 3 is 2.53 bits per heavy atom. The number of hydrogen-bond acceptors (Lipinski definition) is 1. The fourth-order valence-corrected chi connectivity index (χ4v) is 2.00. The summed E-state index contributed by atoms with van der Waals surface area (Å²) in [6.45, 7) is 1.37. The number of aromatic amines is 1. The van der Waals surface area contributed by atoms with Gasteiger partial charge < -0.3 is 0 Å². The number of halogens is 4. The smallest absolute Gasteiger partial charge is 0.292 e. The van der Waals surface area contributed by atoms with E-state index in [4.69, 9.17) is 12.2 Å². The lowest BCUT2D eigenvalue weighted by Gasteiger charge is -2.05. The predicted molar refractivity (Wildman–Crippen MR) is 64.9 cm³/mol. The van der Waals surface area contributed by atoms with Crippen LogP contribution in [0.15, 0.2) is 24.3 Å². The maximum absolute atomic E-state index is 13.0. The number of aromatic nitrogens is 2. The van der Waals surface area contributed by atoms with Gasteiger partial charge in [-0.2, -0.15) is 13.2 Å². The van der Waals surface area contributed by atoms with Crippen LogP contribution in [0, 0.1) is 17.4 Å². The maximum atomic E-state index is 13.0. The van der Waals surface area contributed by atoms with Crippen LogP contribution in [0.3, 0.4) is 0 Å². The molecule has 0 saturated heterocycles. The van der Waals surface area contributed by atoms with E-state index in [1.54, 1.807) is 6.07 Å². The third kappa shape index (κ3) is 2.86. The zero-order chi connectivity index (χ0) is 14.2. The molecule has 2 rings (SSSR count). The van der Waals surface area contributed by atoms with Crippen molar-refractivity contribution in [1.82, 2.24) is 9.78 Å². The fraction of sp³-hybridized carbons (Fsp3) is 0.250. The zero-order valence-corrected chi connectivity index (χ0v) is 10.7. The Labute approximate surface area is 111 Å². The second kappa shape index (κ2) is 4.80. The molecule has 2 nitrogen and oxygen atoms in total. The molecule has 0 aliphatic carbocycles. The summed E-state index contributed by atoms with van der Waals surface area (Å²) in [6, 6.07) is 5.64. The summed E-state index contributed by atoms with van der Waals surface area (Å²) in [4.78, 5) is 0. The first-order valence-electron chi connectivity index (χ1n) is 5.40. The van der Waals surface area contributed by atoms with Crippen LogP contribution in [-0.2, 0) is 12.7 Å². The van der Waals surface area contributed by atoms with Crippen molar-refractivity contribution < 1.29 is 17.6 Å². The van der Waals surface area contributed by atoms with Gasteiger partial charge in [-0.15, -0.1) is 0 Å². The maximum Gasteiger partial charge on any atom is 0.433 e. The molecule has 0 amide bonds. The molecule has 19 heavy (non-hydrogen) atoms. The first-order valence-corrected chi connectivity index (χ1v) is 5.81. The van der Waals surface area contributed by atoms with Gasteiger partial charge in [0.2, 0.25) is 0 Å². The molecule has 0 aliphatic rings. The minimum absolute atomic E-state index is 0.0288. The molecular weight excluding hydrogens is 280 g/mol. The lowest BCUT2D eigenvalue weighted by Crippen LogP contribution is -2.09. The molecule has 0 fully saturated rings. The van der Waals surface area contributed by atoms with Crippen molar-refractivity contribution in [2.75, 3.05) is 0 Å². The summed E-state index contributed by atoms with van der Waals surface area (Å²) in [6.07, 6.45) is -4.48. The Kier molecular flexibility index (Phi) is 3.49. The molecular formula is C12H10F4N2S. The molecule has 0 saturated carbocycles. The Morgan fingerprint density at radius 2 is 2.00 bits per heavy atom. The zero-order valence-electron chi connectivity index (χ0n) is 9.88. The van der Waals surface area contributed by atoms with Gasteiger partial charge in [-0.05, 0) is 24.6 Å². The summed E-state index contributed by atoms with van der Waals surface area (Å²) in [5, 5.41) is 2.22. The van der Waals surface area contributed by atoms with E-state index in [2.05, 4.69) is 5.10 Å². The van der Waals surface area contributed by atoms with Crippen LogP contribution in [0.5, 0.6) is 0 Å². The van der Waals surface area contributed by atoms with Gasteiger partial charge in [0.25, 0.3) is 0 Å². The number of rotatable bonds is 2. The molecule has 0 radical (unpaired) electrons. The van der Waals surface area contributed by atoms with Crippen LogP contribution in [0.25, 0.3) is 0 Å². The van der Waals surface area contributed by atoms with Gasteiger partial charge in [0, 0.05) is 5.56 Å². The van der Waals surface area contributed by atoms with Gasteiger partial charge in [0.05, 0.1) is 6.54 Å². The molecule has 102 valence electrons. The van der Waals surface area contributed by atoms with Gasteiger partial charge in [-0.1, -0.05) is 24.4 Å². The van der Waals surface area contributed by atoms with Crippen molar-refractivity contribution in [3.63, 3.8) is 0 Å². The molecule has 0 atom stereocenters. The minimum atomic E-state index is -4.48. The van der Waals surface area contributed by atoms with Crippen molar-refractivity contribution in [1.29, 1.82) is 0 Å². The molecule has 1 aromatic carbocycles. The summed E-state index contributed by atoms with van der Waals surface area (Å²) in [7, 11) is 0. The van der Waals surface area contributed by atoms with E-state index in [0.717, 1.165) is 0 Å². The number of alkyl halides is 3.